The minimum absolute atomic E-state index is 0.0170. The first-order valence-electron chi connectivity index (χ1n) is 15.9. The van der Waals surface area contributed by atoms with Crippen molar-refractivity contribution in [1.82, 2.24) is 15.0 Å². The van der Waals surface area contributed by atoms with Crippen LogP contribution in [0.5, 0.6) is 0 Å². The average Bonchev–Trinajstić information content (AvgIpc) is 3.33. The third-order valence-corrected chi connectivity index (χ3v) is 9.82. The molecule has 1 saturated heterocycles. The summed E-state index contributed by atoms with van der Waals surface area (Å²) >= 11 is 1.72. The molecule has 0 unspecified atom stereocenters. The molecular weight excluding hydrogens is 582 g/mol. The molecule has 3 aromatic heterocycles. The van der Waals surface area contributed by atoms with Gasteiger partial charge in [-0.2, -0.15) is 0 Å². The van der Waals surface area contributed by atoms with Gasteiger partial charge >= 0.3 is 5.97 Å². The van der Waals surface area contributed by atoms with Crippen molar-refractivity contribution in [1.29, 1.82) is 0 Å². The SMILES string of the molecule is CC(C)(C)O.Cc1nc(C)c(-c2ccc3c(c2)CCN(c2ncnc4c(C)csc24)C3)c(N2CCC(C)(C)CC2)c1CC(=O)O. The van der Waals surface area contributed by atoms with E-state index in [0.29, 0.717) is 5.41 Å². The van der Waals surface area contributed by atoms with E-state index in [4.69, 9.17) is 10.1 Å². The summed E-state index contributed by atoms with van der Waals surface area (Å²) in [6, 6.07) is 6.77. The zero-order valence-corrected chi connectivity index (χ0v) is 28.8. The van der Waals surface area contributed by atoms with Crippen molar-refractivity contribution in [3.05, 3.63) is 63.5 Å². The van der Waals surface area contributed by atoms with Crippen LogP contribution in [-0.2, 0) is 24.2 Å². The molecule has 0 saturated carbocycles. The quantitative estimate of drug-likeness (QED) is 0.238. The number of carboxylic acids is 1. The third kappa shape index (κ3) is 7.47. The maximum atomic E-state index is 12.0. The number of anilines is 2. The highest BCUT2D eigenvalue weighted by molar-refractivity contribution is 7.18. The molecular formula is C36H47N5O3S. The molecule has 1 aromatic carbocycles. The molecule has 240 valence electrons. The zero-order valence-electron chi connectivity index (χ0n) is 28.0. The summed E-state index contributed by atoms with van der Waals surface area (Å²) in [5.41, 5.74) is 10.6. The highest BCUT2D eigenvalue weighted by Gasteiger charge is 2.31. The number of aliphatic carboxylic acids is 1. The summed E-state index contributed by atoms with van der Waals surface area (Å²) in [5.74, 6) is 0.202. The molecule has 5 heterocycles. The number of carboxylic acid groups (broad SMARTS) is 1. The Bertz CT molecular complexity index is 1710. The van der Waals surface area contributed by atoms with Gasteiger partial charge in [-0.25, -0.2) is 9.97 Å². The maximum absolute atomic E-state index is 12.0. The lowest BCUT2D eigenvalue weighted by atomic mass is 9.82. The van der Waals surface area contributed by atoms with Crippen LogP contribution in [0.2, 0.25) is 0 Å². The van der Waals surface area contributed by atoms with Crippen LogP contribution in [0.15, 0.2) is 29.9 Å². The van der Waals surface area contributed by atoms with Gasteiger partial charge < -0.3 is 20.0 Å². The minimum Gasteiger partial charge on any atom is -0.481 e. The van der Waals surface area contributed by atoms with Crippen LogP contribution < -0.4 is 9.80 Å². The molecule has 0 atom stereocenters. The van der Waals surface area contributed by atoms with Crippen LogP contribution in [0.3, 0.4) is 0 Å². The van der Waals surface area contributed by atoms with Crippen LogP contribution in [-0.4, -0.2) is 56.4 Å². The molecule has 4 aromatic rings. The second kappa shape index (κ2) is 12.7. The molecule has 45 heavy (non-hydrogen) atoms. The smallest absolute Gasteiger partial charge is 0.307 e. The summed E-state index contributed by atoms with van der Waals surface area (Å²) in [7, 11) is 0. The maximum Gasteiger partial charge on any atom is 0.307 e. The standard InChI is InChI=1S/C32H37N5O2S.C4H10O/c1-19-17-40-30-28(19)33-18-34-31(30)37-11-8-22-14-23(6-7-24(22)16-37)27-21(3)35-20(2)25(15-26(38)39)29(27)36-12-9-32(4,5)10-13-36;1-4(2,3)5/h6-7,14,17-18H,8-13,15-16H2,1-5H3,(H,38,39);5H,1-3H3. The number of aliphatic hydroxyl groups is 1. The lowest BCUT2D eigenvalue weighted by Gasteiger charge is -2.40. The largest absolute Gasteiger partial charge is 0.481 e. The lowest BCUT2D eigenvalue weighted by Crippen LogP contribution is -2.38. The number of nitrogens with zero attached hydrogens (tertiary/aromatic N) is 5. The summed E-state index contributed by atoms with van der Waals surface area (Å²) < 4.78 is 1.15. The summed E-state index contributed by atoms with van der Waals surface area (Å²) in [6.07, 6.45) is 4.75. The molecule has 2 aliphatic rings. The highest BCUT2D eigenvalue weighted by atomic mass is 32.1. The highest BCUT2D eigenvalue weighted by Crippen LogP contribution is 2.42. The fourth-order valence-corrected chi connectivity index (χ4v) is 7.35. The van der Waals surface area contributed by atoms with Gasteiger partial charge in [0.05, 0.1) is 27.9 Å². The van der Waals surface area contributed by atoms with Crippen LogP contribution in [0.25, 0.3) is 21.3 Å². The summed E-state index contributed by atoms with van der Waals surface area (Å²) in [4.78, 5) is 30.8. The number of carbonyl (C=O) groups is 1. The lowest BCUT2D eigenvalue weighted by molar-refractivity contribution is -0.136. The molecule has 0 amide bonds. The Hall–Kier alpha value is -3.56. The molecule has 6 rings (SSSR count). The summed E-state index contributed by atoms with van der Waals surface area (Å²) in [6.45, 7) is 19.5. The van der Waals surface area contributed by atoms with E-state index in [2.05, 4.69) is 71.0 Å². The normalized spacial score (nSPS) is 16.3. The summed E-state index contributed by atoms with van der Waals surface area (Å²) in [5, 5.41) is 20.5. The van der Waals surface area contributed by atoms with Crippen molar-refractivity contribution >= 4 is 39.0 Å². The van der Waals surface area contributed by atoms with Gasteiger partial charge in [0.25, 0.3) is 0 Å². The van der Waals surface area contributed by atoms with E-state index in [1.54, 1.807) is 38.4 Å². The van der Waals surface area contributed by atoms with E-state index < -0.39 is 11.6 Å². The first-order valence-corrected chi connectivity index (χ1v) is 16.7. The van der Waals surface area contributed by atoms with Crippen molar-refractivity contribution in [2.75, 3.05) is 29.4 Å². The predicted molar refractivity (Wildman–Crippen MR) is 185 cm³/mol. The molecule has 9 heteroatoms. The minimum atomic E-state index is -0.816. The molecule has 0 radical (unpaired) electrons. The molecule has 0 spiro atoms. The molecule has 2 N–H and O–H groups in total. The van der Waals surface area contributed by atoms with Crippen molar-refractivity contribution in [3.8, 4) is 11.1 Å². The first-order chi connectivity index (χ1) is 21.1. The third-order valence-electron chi connectivity index (χ3n) is 8.74. The second-order valence-corrected chi connectivity index (χ2v) is 15.2. The van der Waals surface area contributed by atoms with Crippen LogP contribution in [0.1, 0.15) is 81.1 Å². The van der Waals surface area contributed by atoms with Crippen molar-refractivity contribution in [2.45, 2.75) is 93.2 Å². The number of hydrogen-bond acceptors (Lipinski definition) is 8. The van der Waals surface area contributed by atoms with E-state index in [9.17, 15) is 9.90 Å². The fourth-order valence-electron chi connectivity index (χ4n) is 6.33. The van der Waals surface area contributed by atoms with Gasteiger partial charge in [-0.15, -0.1) is 11.3 Å². The van der Waals surface area contributed by atoms with E-state index in [0.717, 1.165) is 95.2 Å². The number of benzene rings is 1. The van der Waals surface area contributed by atoms with E-state index >= 15 is 0 Å². The van der Waals surface area contributed by atoms with Gasteiger partial charge in [-0.3, -0.25) is 9.78 Å². The van der Waals surface area contributed by atoms with Gasteiger partial charge in [-0.05, 0) is 93.9 Å². The van der Waals surface area contributed by atoms with Crippen LogP contribution >= 0.6 is 11.3 Å². The van der Waals surface area contributed by atoms with Gasteiger partial charge in [0, 0.05) is 48.7 Å². The number of hydrogen-bond donors (Lipinski definition) is 2. The van der Waals surface area contributed by atoms with E-state index in [1.807, 2.05) is 6.92 Å². The Labute approximate surface area is 271 Å². The number of piperidine rings is 1. The van der Waals surface area contributed by atoms with Gasteiger partial charge in [0.1, 0.15) is 12.1 Å². The zero-order chi connectivity index (χ0) is 32.7. The van der Waals surface area contributed by atoms with Crippen LogP contribution in [0.4, 0.5) is 11.5 Å². The Morgan fingerprint density at radius 3 is 2.36 bits per heavy atom. The van der Waals surface area contributed by atoms with Crippen molar-refractivity contribution in [2.24, 2.45) is 5.41 Å². The number of pyridine rings is 1. The number of fused-ring (bicyclic) bond motifs is 2. The topological polar surface area (TPSA) is 103 Å². The molecule has 1 fully saturated rings. The Morgan fingerprint density at radius 1 is 1.00 bits per heavy atom. The average molecular weight is 630 g/mol. The van der Waals surface area contributed by atoms with E-state index in [1.165, 1.54) is 16.7 Å². The molecule has 8 nitrogen and oxygen atoms in total. The Kier molecular flexibility index (Phi) is 9.25. The second-order valence-electron chi connectivity index (χ2n) is 14.3. The van der Waals surface area contributed by atoms with Crippen LogP contribution in [0, 0.1) is 26.2 Å². The van der Waals surface area contributed by atoms with Crippen molar-refractivity contribution < 1.29 is 15.0 Å². The Morgan fingerprint density at radius 2 is 1.69 bits per heavy atom. The van der Waals surface area contributed by atoms with Gasteiger partial charge in [-0.1, -0.05) is 32.0 Å². The number of aryl methyl sites for hydroxylation is 3. The number of thiophene rings is 1. The Balaban J connectivity index is 0.000000743. The predicted octanol–water partition coefficient (Wildman–Crippen LogP) is 7.27. The van der Waals surface area contributed by atoms with Gasteiger partial charge in [0.15, 0.2) is 0 Å². The van der Waals surface area contributed by atoms with E-state index in [-0.39, 0.29) is 6.42 Å². The molecule has 0 bridgehead atoms. The monoisotopic (exact) mass is 629 g/mol. The first kappa shape index (κ1) is 32.8. The molecule has 0 aliphatic carbocycles. The molecule has 2 aliphatic heterocycles. The van der Waals surface area contributed by atoms with Gasteiger partial charge in [0.2, 0.25) is 0 Å². The fraction of sp³-hybridized carbons (Fsp3) is 0.500. The number of rotatable bonds is 5. The van der Waals surface area contributed by atoms with Crippen molar-refractivity contribution in [3.63, 3.8) is 0 Å². The number of aromatic nitrogens is 3.